The predicted octanol–water partition coefficient (Wildman–Crippen LogP) is 2.50. The van der Waals surface area contributed by atoms with Crippen LogP contribution in [0.1, 0.15) is 36.8 Å². The van der Waals surface area contributed by atoms with Crippen molar-refractivity contribution in [2.24, 2.45) is 0 Å². The lowest BCUT2D eigenvalue weighted by atomic mass is 10.0. The summed E-state index contributed by atoms with van der Waals surface area (Å²) in [5, 5.41) is 5.18. The van der Waals surface area contributed by atoms with Crippen molar-refractivity contribution in [3.8, 4) is 0 Å². The molecule has 1 aliphatic rings. The number of halogens is 1. The highest BCUT2D eigenvalue weighted by molar-refractivity contribution is 7.89. The second-order valence-corrected chi connectivity index (χ2v) is 9.76. The number of hydrogen-bond donors (Lipinski definition) is 2. The highest BCUT2D eigenvalue weighted by Gasteiger charge is 2.33. The van der Waals surface area contributed by atoms with Crippen molar-refractivity contribution < 1.29 is 22.4 Å². The molecule has 2 amide bonds. The number of rotatable bonds is 7. The van der Waals surface area contributed by atoms with E-state index >= 15 is 0 Å². The van der Waals surface area contributed by atoms with Crippen LogP contribution in [0.25, 0.3) is 0 Å². The molecule has 0 aromatic heterocycles. The standard InChI is InChI=1S/C23H28FN3O4S/c1-17-6-2-3-7-18(17)16-26-23(29)22(28)25-14-13-20-8-4-5-15-27(20)32(30,31)21-11-9-19(24)10-12-21/h2-3,6-7,9-12,20H,4-5,8,13-16H2,1H3,(H,25,28)(H,26,29). The van der Waals surface area contributed by atoms with Crippen LogP contribution in [-0.4, -0.2) is 43.7 Å². The normalized spacial score (nSPS) is 17.0. The van der Waals surface area contributed by atoms with Crippen molar-refractivity contribution in [3.05, 3.63) is 65.5 Å². The number of sulfonamides is 1. The molecule has 9 heteroatoms. The molecule has 1 aliphatic heterocycles. The van der Waals surface area contributed by atoms with Crippen molar-refractivity contribution in [1.29, 1.82) is 0 Å². The molecule has 3 rings (SSSR count). The van der Waals surface area contributed by atoms with Gasteiger partial charge >= 0.3 is 11.8 Å². The smallest absolute Gasteiger partial charge is 0.309 e. The topological polar surface area (TPSA) is 95.6 Å². The minimum atomic E-state index is -3.76. The van der Waals surface area contributed by atoms with E-state index in [9.17, 15) is 22.4 Å². The molecule has 1 fully saturated rings. The molecular formula is C23H28FN3O4S. The van der Waals surface area contributed by atoms with Gasteiger partial charge in [0.15, 0.2) is 0 Å². The zero-order chi connectivity index (χ0) is 23.1. The fraction of sp³-hybridized carbons (Fsp3) is 0.391. The Morgan fingerprint density at radius 2 is 1.72 bits per heavy atom. The lowest BCUT2D eigenvalue weighted by Gasteiger charge is -2.34. The van der Waals surface area contributed by atoms with Gasteiger partial charge in [0, 0.05) is 25.7 Å². The van der Waals surface area contributed by atoms with E-state index < -0.39 is 27.7 Å². The summed E-state index contributed by atoms with van der Waals surface area (Å²) in [6, 6.07) is 12.1. The lowest BCUT2D eigenvalue weighted by Crippen LogP contribution is -2.46. The number of hydrogen-bond acceptors (Lipinski definition) is 4. The molecule has 1 unspecified atom stereocenters. The molecule has 1 saturated heterocycles. The monoisotopic (exact) mass is 461 g/mol. The van der Waals surface area contributed by atoms with E-state index in [1.165, 1.54) is 16.4 Å². The molecule has 7 nitrogen and oxygen atoms in total. The average Bonchev–Trinajstić information content (AvgIpc) is 2.79. The Balaban J connectivity index is 1.53. The Bertz CT molecular complexity index is 1060. The Morgan fingerprint density at radius 1 is 1.03 bits per heavy atom. The summed E-state index contributed by atoms with van der Waals surface area (Å²) in [5.41, 5.74) is 1.95. The summed E-state index contributed by atoms with van der Waals surface area (Å²) in [4.78, 5) is 24.3. The zero-order valence-electron chi connectivity index (χ0n) is 18.0. The number of nitrogens with one attached hydrogen (secondary N) is 2. The van der Waals surface area contributed by atoms with E-state index in [1.807, 2.05) is 31.2 Å². The van der Waals surface area contributed by atoms with E-state index in [0.29, 0.717) is 19.4 Å². The van der Waals surface area contributed by atoms with Gasteiger partial charge in [-0.25, -0.2) is 12.8 Å². The Kier molecular flexibility index (Phi) is 7.98. The predicted molar refractivity (Wildman–Crippen MR) is 119 cm³/mol. The van der Waals surface area contributed by atoms with Gasteiger partial charge < -0.3 is 10.6 Å². The maximum atomic E-state index is 13.2. The molecular weight excluding hydrogens is 433 g/mol. The molecule has 2 aromatic carbocycles. The largest absolute Gasteiger partial charge is 0.348 e. The van der Waals surface area contributed by atoms with Crippen molar-refractivity contribution in [2.45, 2.75) is 50.1 Å². The van der Waals surface area contributed by atoms with Crippen molar-refractivity contribution in [1.82, 2.24) is 14.9 Å². The van der Waals surface area contributed by atoms with Gasteiger partial charge in [-0.15, -0.1) is 0 Å². The fourth-order valence-corrected chi connectivity index (χ4v) is 5.54. The van der Waals surface area contributed by atoms with Crippen molar-refractivity contribution in [3.63, 3.8) is 0 Å². The highest BCUT2D eigenvalue weighted by Crippen LogP contribution is 2.27. The van der Waals surface area contributed by atoms with Crippen LogP contribution in [0.3, 0.4) is 0 Å². The van der Waals surface area contributed by atoms with Gasteiger partial charge in [-0.05, 0) is 61.6 Å². The summed E-state index contributed by atoms with van der Waals surface area (Å²) < 4.78 is 40.6. The first kappa shape index (κ1) is 23.9. The average molecular weight is 462 g/mol. The molecule has 0 saturated carbocycles. The number of nitrogens with zero attached hydrogens (tertiary/aromatic N) is 1. The summed E-state index contributed by atoms with van der Waals surface area (Å²) in [6.07, 6.45) is 2.67. The first-order chi connectivity index (χ1) is 15.3. The van der Waals surface area contributed by atoms with Gasteiger partial charge in [-0.3, -0.25) is 9.59 Å². The van der Waals surface area contributed by atoms with E-state index in [-0.39, 0.29) is 24.0 Å². The highest BCUT2D eigenvalue weighted by atomic mass is 32.2. The molecule has 0 spiro atoms. The summed E-state index contributed by atoms with van der Waals surface area (Å²) in [5.74, 6) is -1.97. The van der Waals surface area contributed by atoms with Crippen LogP contribution in [-0.2, 0) is 26.2 Å². The molecule has 0 aliphatic carbocycles. The van der Waals surface area contributed by atoms with Crippen LogP contribution in [0.2, 0.25) is 0 Å². The van der Waals surface area contributed by atoms with Gasteiger partial charge in [0.25, 0.3) is 0 Å². The molecule has 32 heavy (non-hydrogen) atoms. The van der Waals surface area contributed by atoms with Crippen molar-refractivity contribution >= 4 is 21.8 Å². The molecule has 0 radical (unpaired) electrons. The molecule has 2 aromatic rings. The van der Waals surface area contributed by atoms with Gasteiger partial charge in [0.1, 0.15) is 5.82 Å². The summed E-state index contributed by atoms with van der Waals surface area (Å²) in [6.45, 7) is 2.73. The third-order valence-electron chi connectivity index (χ3n) is 5.66. The first-order valence-corrected chi connectivity index (χ1v) is 12.1. The van der Waals surface area contributed by atoms with Gasteiger partial charge in [-0.2, -0.15) is 4.31 Å². The van der Waals surface area contributed by atoms with Crippen LogP contribution in [0.15, 0.2) is 53.4 Å². The van der Waals surface area contributed by atoms with Crippen LogP contribution in [0.5, 0.6) is 0 Å². The van der Waals surface area contributed by atoms with E-state index in [1.54, 1.807) is 0 Å². The van der Waals surface area contributed by atoms with E-state index in [0.717, 1.165) is 36.1 Å². The molecule has 1 atom stereocenters. The van der Waals surface area contributed by atoms with E-state index in [2.05, 4.69) is 10.6 Å². The second kappa shape index (κ2) is 10.7. The Labute approximate surface area is 188 Å². The van der Waals surface area contributed by atoms with Crippen LogP contribution >= 0.6 is 0 Å². The summed E-state index contributed by atoms with van der Waals surface area (Å²) >= 11 is 0. The minimum Gasteiger partial charge on any atom is -0.348 e. The lowest BCUT2D eigenvalue weighted by molar-refractivity contribution is -0.139. The van der Waals surface area contributed by atoms with Crippen LogP contribution in [0.4, 0.5) is 4.39 Å². The number of carbonyl (C=O) groups excluding carboxylic acids is 2. The summed E-state index contributed by atoms with van der Waals surface area (Å²) in [7, 11) is -3.76. The van der Waals surface area contributed by atoms with Crippen LogP contribution in [0, 0.1) is 12.7 Å². The third-order valence-corrected chi connectivity index (χ3v) is 7.63. The quantitative estimate of drug-likeness (QED) is 0.620. The number of benzene rings is 2. The number of carbonyl (C=O) groups is 2. The van der Waals surface area contributed by atoms with Gasteiger partial charge in [0.05, 0.1) is 4.90 Å². The van der Waals surface area contributed by atoms with Crippen LogP contribution < -0.4 is 10.6 Å². The molecule has 2 N–H and O–H groups in total. The minimum absolute atomic E-state index is 0.0467. The number of aryl methyl sites for hydroxylation is 1. The maximum Gasteiger partial charge on any atom is 0.309 e. The molecule has 0 bridgehead atoms. The zero-order valence-corrected chi connectivity index (χ0v) is 18.8. The Hall–Kier alpha value is -2.78. The second-order valence-electron chi connectivity index (χ2n) is 7.87. The molecule has 172 valence electrons. The number of amides is 2. The van der Waals surface area contributed by atoms with Gasteiger partial charge in [0.2, 0.25) is 10.0 Å². The van der Waals surface area contributed by atoms with E-state index in [4.69, 9.17) is 0 Å². The Morgan fingerprint density at radius 3 is 2.44 bits per heavy atom. The molecule has 1 heterocycles. The third kappa shape index (κ3) is 5.92. The number of piperidine rings is 1. The SMILES string of the molecule is Cc1ccccc1CNC(=O)C(=O)NCCC1CCCCN1S(=O)(=O)c1ccc(F)cc1. The first-order valence-electron chi connectivity index (χ1n) is 10.7. The maximum absolute atomic E-state index is 13.2. The van der Waals surface area contributed by atoms with Crippen molar-refractivity contribution in [2.75, 3.05) is 13.1 Å². The van der Waals surface area contributed by atoms with Gasteiger partial charge in [-0.1, -0.05) is 30.7 Å². The fourth-order valence-electron chi connectivity index (χ4n) is 3.82.